The Kier molecular flexibility index (Phi) is 3.37. The van der Waals surface area contributed by atoms with Crippen LogP contribution >= 0.6 is 0 Å². The lowest BCUT2D eigenvalue weighted by Crippen LogP contribution is -2.73. The lowest BCUT2D eigenvalue weighted by atomic mass is 9.61. The van der Waals surface area contributed by atoms with E-state index >= 15 is 0 Å². The molecule has 5 nitrogen and oxygen atoms in total. The van der Waals surface area contributed by atoms with Crippen molar-refractivity contribution in [3.8, 4) is 0 Å². The fourth-order valence-electron chi connectivity index (χ4n) is 5.76. The van der Waals surface area contributed by atoms with Gasteiger partial charge in [0.05, 0.1) is 19.2 Å². The van der Waals surface area contributed by atoms with Crippen molar-refractivity contribution in [1.29, 1.82) is 0 Å². The number of rotatable bonds is 2. The Balaban J connectivity index is 1.73. The molecule has 3 fully saturated rings. The van der Waals surface area contributed by atoms with Gasteiger partial charge in [0.25, 0.3) is 0 Å². The molecule has 5 heteroatoms. The van der Waals surface area contributed by atoms with Crippen molar-refractivity contribution in [2.75, 3.05) is 20.8 Å². The van der Waals surface area contributed by atoms with Crippen LogP contribution in [0.5, 0.6) is 0 Å². The predicted molar refractivity (Wildman–Crippen MR) is 98.9 cm³/mol. The number of fused-ring (bicyclic) bond motifs is 4. The molecule has 4 aliphatic rings. The first kappa shape index (κ1) is 16.1. The summed E-state index contributed by atoms with van der Waals surface area (Å²) in [5, 5.41) is 1.26. The number of methoxy groups -OCH3 is 2. The Hall–Kier alpha value is -2.11. The molecule has 26 heavy (non-hydrogen) atoms. The zero-order valence-electron chi connectivity index (χ0n) is 15.4. The van der Waals surface area contributed by atoms with Crippen molar-refractivity contribution >= 4 is 16.9 Å². The minimum atomic E-state index is -0.929. The number of hydrogen-bond donors (Lipinski definition) is 1. The average Bonchev–Trinajstić information content (AvgIpc) is 3.06. The molecule has 6 rings (SSSR count). The molecule has 0 saturated carbocycles. The number of aromatic nitrogens is 1. The molecule has 136 valence electrons. The molecule has 2 aromatic rings. The molecule has 5 unspecified atom stereocenters. The van der Waals surface area contributed by atoms with Gasteiger partial charge in [-0.05, 0) is 31.4 Å². The lowest BCUT2D eigenvalue weighted by molar-refractivity contribution is -0.208. The summed E-state index contributed by atoms with van der Waals surface area (Å²) in [6.07, 6.45) is 3.82. The van der Waals surface area contributed by atoms with Gasteiger partial charge in [0.2, 0.25) is 0 Å². The standard InChI is InChI=1S/C21H24N2O3/c1-4-12-11-23-17-10-15(12)21(26-3,20(24)25-2)18(23)9-14-13-7-5-6-8-16(13)22-19(14)17/h4-8,15,17-18,22H,9-11H2,1-3H3. The zero-order chi connectivity index (χ0) is 18.1. The van der Waals surface area contributed by atoms with E-state index in [0.29, 0.717) is 6.04 Å². The second kappa shape index (κ2) is 5.44. The minimum Gasteiger partial charge on any atom is -0.467 e. The van der Waals surface area contributed by atoms with E-state index in [1.807, 2.05) is 0 Å². The molecular formula is C21H24N2O3. The highest BCUT2D eigenvalue weighted by molar-refractivity contribution is 5.87. The highest BCUT2D eigenvalue weighted by Crippen LogP contribution is 2.57. The Bertz CT molecular complexity index is 930. The molecule has 0 spiro atoms. The summed E-state index contributed by atoms with van der Waals surface area (Å²) in [5.41, 5.74) is 4.18. The van der Waals surface area contributed by atoms with Gasteiger partial charge in [-0.25, -0.2) is 4.79 Å². The van der Waals surface area contributed by atoms with Crippen LogP contribution in [0.4, 0.5) is 0 Å². The average molecular weight is 352 g/mol. The second-order valence-electron chi connectivity index (χ2n) is 7.61. The van der Waals surface area contributed by atoms with Crippen molar-refractivity contribution in [2.24, 2.45) is 5.92 Å². The highest BCUT2D eigenvalue weighted by atomic mass is 16.6. The van der Waals surface area contributed by atoms with E-state index in [1.54, 1.807) is 7.11 Å². The molecule has 3 saturated heterocycles. The van der Waals surface area contributed by atoms with E-state index < -0.39 is 5.60 Å². The highest BCUT2D eigenvalue weighted by Gasteiger charge is 2.65. The van der Waals surface area contributed by atoms with Crippen LogP contribution in [-0.4, -0.2) is 48.3 Å². The molecule has 4 aliphatic heterocycles. The van der Waals surface area contributed by atoms with Crippen LogP contribution in [0.15, 0.2) is 35.9 Å². The number of esters is 1. The molecule has 0 aliphatic carbocycles. The van der Waals surface area contributed by atoms with Crippen LogP contribution < -0.4 is 0 Å². The van der Waals surface area contributed by atoms with Crippen LogP contribution in [0, 0.1) is 5.92 Å². The largest absolute Gasteiger partial charge is 0.467 e. The first-order chi connectivity index (χ1) is 12.7. The second-order valence-corrected chi connectivity index (χ2v) is 7.61. The van der Waals surface area contributed by atoms with Crippen molar-refractivity contribution in [3.63, 3.8) is 0 Å². The molecule has 5 heterocycles. The van der Waals surface area contributed by atoms with E-state index in [2.05, 4.69) is 47.1 Å². The zero-order valence-corrected chi connectivity index (χ0v) is 15.4. The maximum absolute atomic E-state index is 13.0. The molecular weight excluding hydrogens is 328 g/mol. The Morgan fingerprint density at radius 1 is 1.35 bits per heavy atom. The summed E-state index contributed by atoms with van der Waals surface area (Å²) in [7, 11) is 3.12. The van der Waals surface area contributed by atoms with Gasteiger partial charge in [0.15, 0.2) is 5.60 Å². The molecule has 1 N–H and O–H groups in total. The number of benzene rings is 1. The topological polar surface area (TPSA) is 54.6 Å². The van der Waals surface area contributed by atoms with Crippen LogP contribution in [0.1, 0.15) is 30.6 Å². The third-order valence-corrected chi connectivity index (χ3v) is 6.88. The van der Waals surface area contributed by atoms with Crippen LogP contribution in [0.25, 0.3) is 10.9 Å². The molecule has 0 amide bonds. The quantitative estimate of drug-likeness (QED) is 0.667. The number of aromatic amines is 1. The van der Waals surface area contributed by atoms with Gasteiger partial charge in [-0.1, -0.05) is 29.8 Å². The van der Waals surface area contributed by atoms with Gasteiger partial charge >= 0.3 is 5.97 Å². The van der Waals surface area contributed by atoms with E-state index in [1.165, 1.54) is 34.8 Å². The fraction of sp³-hybridized carbons (Fsp3) is 0.476. The number of ether oxygens (including phenoxy) is 2. The molecule has 4 bridgehead atoms. The summed E-state index contributed by atoms with van der Waals surface area (Å²) in [4.78, 5) is 19.1. The van der Waals surface area contributed by atoms with E-state index in [0.717, 1.165) is 19.4 Å². The number of hydrogen-bond acceptors (Lipinski definition) is 4. The molecule has 0 radical (unpaired) electrons. The maximum Gasteiger partial charge on any atom is 0.340 e. The third-order valence-electron chi connectivity index (χ3n) is 6.88. The predicted octanol–water partition coefficient (Wildman–Crippen LogP) is 2.97. The lowest BCUT2D eigenvalue weighted by Gasteiger charge is -2.61. The summed E-state index contributed by atoms with van der Waals surface area (Å²) in [5.74, 6) is -0.190. The number of carbonyl (C=O) groups is 1. The van der Waals surface area contributed by atoms with Gasteiger partial charge in [-0.3, -0.25) is 4.90 Å². The first-order valence-corrected chi connectivity index (χ1v) is 9.29. The SMILES string of the molecule is CC=C1CN2C3CC1C(OC)(C(=O)OC)C2Cc1c3[nH]c2ccccc12. The van der Waals surface area contributed by atoms with Crippen LogP contribution in [0.3, 0.4) is 0 Å². The van der Waals surface area contributed by atoms with E-state index in [4.69, 9.17) is 9.47 Å². The number of para-hydroxylation sites is 1. The number of nitrogens with zero attached hydrogens (tertiary/aromatic N) is 1. The van der Waals surface area contributed by atoms with Gasteiger partial charge in [-0.15, -0.1) is 0 Å². The number of allylic oxidation sites excluding steroid dienone is 1. The van der Waals surface area contributed by atoms with Crippen molar-refractivity contribution in [1.82, 2.24) is 9.88 Å². The Labute approximate surface area is 153 Å². The normalized spacial score (nSPS) is 36.3. The van der Waals surface area contributed by atoms with E-state index in [9.17, 15) is 4.79 Å². The Morgan fingerprint density at radius 2 is 2.15 bits per heavy atom. The molecule has 1 aromatic carbocycles. The summed E-state index contributed by atoms with van der Waals surface area (Å²) in [6.45, 7) is 2.95. The van der Waals surface area contributed by atoms with Crippen LogP contribution in [-0.2, 0) is 20.7 Å². The number of piperidine rings is 3. The number of nitrogens with one attached hydrogen (secondary N) is 1. The smallest absolute Gasteiger partial charge is 0.340 e. The number of carbonyl (C=O) groups excluding carboxylic acids is 1. The fourth-order valence-corrected chi connectivity index (χ4v) is 5.76. The molecule has 5 atom stereocenters. The monoisotopic (exact) mass is 352 g/mol. The number of H-pyrrole nitrogens is 1. The van der Waals surface area contributed by atoms with Gasteiger partial charge in [-0.2, -0.15) is 0 Å². The van der Waals surface area contributed by atoms with Crippen molar-refractivity contribution in [2.45, 2.75) is 37.5 Å². The third kappa shape index (κ3) is 1.75. The van der Waals surface area contributed by atoms with Gasteiger partial charge in [0.1, 0.15) is 0 Å². The Morgan fingerprint density at radius 3 is 2.88 bits per heavy atom. The maximum atomic E-state index is 13.0. The first-order valence-electron chi connectivity index (χ1n) is 9.29. The summed E-state index contributed by atoms with van der Waals surface area (Å²) < 4.78 is 11.3. The summed E-state index contributed by atoms with van der Waals surface area (Å²) in [6, 6.07) is 8.75. The van der Waals surface area contributed by atoms with Crippen molar-refractivity contribution < 1.29 is 14.3 Å². The van der Waals surface area contributed by atoms with Crippen molar-refractivity contribution in [3.05, 3.63) is 47.2 Å². The van der Waals surface area contributed by atoms with Crippen LogP contribution in [0.2, 0.25) is 0 Å². The minimum absolute atomic E-state index is 0.000828. The molecule has 1 aromatic heterocycles. The van der Waals surface area contributed by atoms with Gasteiger partial charge < -0.3 is 14.5 Å². The van der Waals surface area contributed by atoms with Gasteiger partial charge in [0, 0.05) is 36.2 Å². The van der Waals surface area contributed by atoms with E-state index in [-0.39, 0.29) is 17.9 Å². The summed E-state index contributed by atoms with van der Waals surface area (Å²) >= 11 is 0.